The molecule has 0 heterocycles. The molecule has 0 atom stereocenters. The number of benzene rings is 1. The molecule has 0 aromatic heterocycles. The summed E-state index contributed by atoms with van der Waals surface area (Å²) in [6, 6.07) is 9.96. The molecule has 108 valence electrons. The Bertz CT molecular complexity index is 458. The molecule has 0 aliphatic heterocycles. The molecule has 0 saturated heterocycles. The zero-order valence-electron chi connectivity index (χ0n) is 12.3. The normalized spacial score (nSPS) is 17.4. The monoisotopic (exact) mass is 272 g/mol. The Labute approximate surface area is 121 Å². The van der Waals surface area contributed by atoms with E-state index in [-0.39, 0.29) is 6.61 Å². The predicted molar refractivity (Wildman–Crippen MR) is 80.4 cm³/mol. The maximum Gasteiger partial charge on any atom is 0.174 e. The fourth-order valence-corrected chi connectivity index (χ4v) is 2.98. The number of rotatable bonds is 6. The van der Waals surface area contributed by atoms with Crippen molar-refractivity contribution in [2.75, 3.05) is 13.2 Å². The molecule has 0 spiro atoms. The van der Waals surface area contributed by atoms with Crippen molar-refractivity contribution in [3.63, 3.8) is 0 Å². The lowest BCUT2D eigenvalue weighted by molar-refractivity contribution is 0.207. The van der Waals surface area contributed by atoms with Gasteiger partial charge < -0.3 is 10.1 Å². The first-order chi connectivity index (χ1) is 9.73. The van der Waals surface area contributed by atoms with Crippen molar-refractivity contribution in [1.29, 1.82) is 5.26 Å². The third-order valence-corrected chi connectivity index (χ3v) is 4.19. The van der Waals surface area contributed by atoms with Crippen LogP contribution in [0.5, 0.6) is 5.75 Å². The van der Waals surface area contributed by atoms with E-state index in [0.29, 0.717) is 5.41 Å². The molecule has 3 nitrogen and oxygen atoms in total. The van der Waals surface area contributed by atoms with Gasteiger partial charge in [0.15, 0.2) is 6.61 Å². The molecule has 20 heavy (non-hydrogen) atoms. The summed E-state index contributed by atoms with van der Waals surface area (Å²) in [7, 11) is 0. The highest BCUT2D eigenvalue weighted by Gasteiger charge is 2.26. The number of hydrogen-bond donors (Lipinski definition) is 1. The molecule has 0 unspecified atom stereocenters. The Hall–Kier alpha value is -1.53. The van der Waals surface area contributed by atoms with Gasteiger partial charge in [0.05, 0.1) is 0 Å². The Morgan fingerprint density at radius 2 is 2.00 bits per heavy atom. The number of nitriles is 1. The minimum absolute atomic E-state index is 0.106. The molecular formula is C17H24N2O. The van der Waals surface area contributed by atoms with Crippen LogP contribution in [0.3, 0.4) is 0 Å². The van der Waals surface area contributed by atoms with Gasteiger partial charge in [-0.25, -0.2) is 0 Å². The number of nitrogens with one attached hydrogen (secondary N) is 1. The van der Waals surface area contributed by atoms with Crippen molar-refractivity contribution in [3.8, 4) is 11.8 Å². The number of nitrogens with zero attached hydrogens (tertiary/aromatic N) is 1. The molecule has 3 heteroatoms. The zero-order valence-corrected chi connectivity index (χ0v) is 12.3. The third kappa shape index (κ3) is 4.25. The van der Waals surface area contributed by atoms with Crippen LogP contribution in [-0.2, 0) is 6.54 Å². The number of ether oxygens (including phenoxy) is 1. The Morgan fingerprint density at radius 1 is 1.25 bits per heavy atom. The van der Waals surface area contributed by atoms with Gasteiger partial charge in [0.1, 0.15) is 11.8 Å². The van der Waals surface area contributed by atoms with Gasteiger partial charge in [-0.2, -0.15) is 5.26 Å². The summed E-state index contributed by atoms with van der Waals surface area (Å²) in [5.41, 5.74) is 1.57. The second-order valence-corrected chi connectivity index (χ2v) is 6.03. The summed E-state index contributed by atoms with van der Waals surface area (Å²) in [5.74, 6) is 0.815. The van der Waals surface area contributed by atoms with E-state index in [1.165, 1.54) is 32.1 Å². The van der Waals surface area contributed by atoms with Gasteiger partial charge in [-0.3, -0.25) is 0 Å². The highest BCUT2D eigenvalue weighted by atomic mass is 16.5. The first-order valence-electron chi connectivity index (χ1n) is 7.52. The van der Waals surface area contributed by atoms with Gasteiger partial charge in [0, 0.05) is 18.7 Å². The second kappa shape index (κ2) is 7.31. The molecule has 0 amide bonds. The second-order valence-electron chi connectivity index (χ2n) is 6.03. The standard InChI is InChI=1S/C17H24N2O/c1-17(9-5-2-6-10-17)14-19-13-15-7-3-4-8-16(15)20-12-11-18/h3-4,7-8,19H,2,5-6,9-10,12-14H2,1H3. The summed E-state index contributed by atoms with van der Waals surface area (Å²) >= 11 is 0. The van der Waals surface area contributed by atoms with E-state index in [2.05, 4.69) is 18.3 Å². The van der Waals surface area contributed by atoms with Gasteiger partial charge in [-0.1, -0.05) is 44.4 Å². The van der Waals surface area contributed by atoms with Crippen LogP contribution in [0.25, 0.3) is 0 Å². The predicted octanol–water partition coefficient (Wildman–Crippen LogP) is 3.65. The first-order valence-corrected chi connectivity index (χ1v) is 7.52. The van der Waals surface area contributed by atoms with E-state index in [0.717, 1.165) is 24.4 Å². The van der Waals surface area contributed by atoms with Crippen molar-refractivity contribution >= 4 is 0 Å². The number of hydrogen-bond acceptors (Lipinski definition) is 3. The smallest absolute Gasteiger partial charge is 0.174 e. The molecule has 1 aliphatic carbocycles. The van der Waals surface area contributed by atoms with Gasteiger partial charge in [0.2, 0.25) is 0 Å². The van der Waals surface area contributed by atoms with Gasteiger partial charge in [0.25, 0.3) is 0 Å². The van der Waals surface area contributed by atoms with Gasteiger partial charge >= 0.3 is 0 Å². The summed E-state index contributed by atoms with van der Waals surface area (Å²) in [6.45, 7) is 4.35. The van der Waals surface area contributed by atoms with Crippen LogP contribution in [0.1, 0.15) is 44.6 Å². The lowest BCUT2D eigenvalue weighted by atomic mass is 9.76. The van der Waals surface area contributed by atoms with Crippen LogP contribution in [0.4, 0.5) is 0 Å². The van der Waals surface area contributed by atoms with E-state index in [1.54, 1.807) is 0 Å². The summed E-state index contributed by atoms with van der Waals surface area (Å²) in [6.07, 6.45) is 6.76. The fourth-order valence-electron chi connectivity index (χ4n) is 2.98. The maximum absolute atomic E-state index is 8.61. The lowest BCUT2D eigenvalue weighted by Gasteiger charge is -2.33. The first kappa shape index (κ1) is 14.9. The zero-order chi connectivity index (χ0) is 14.3. The number of para-hydroxylation sites is 1. The Kier molecular flexibility index (Phi) is 5.43. The molecule has 2 rings (SSSR count). The van der Waals surface area contributed by atoms with Crippen LogP contribution < -0.4 is 10.1 Å². The van der Waals surface area contributed by atoms with Gasteiger partial charge in [-0.05, 0) is 24.3 Å². The summed E-state index contributed by atoms with van der Waals surface area (Å²) < 4.78 is 5.45. The molecule has 1 aliphatic rings. The Balaban J connectivity index is 1.86. The van der Waals surface area contributed by atoms with Crippen molar-refractivity contribution in [3.05, 3.63) is 29.8 Å². The maximum atomic E-state index is 8.61. The van der Waals surface area contributed by atoms with E-state index in [1.807, 2.05) is 24.3 Å². The average molecular weight is 272 g/mol. The third-order valence-electron chi connectivity index (χ3n) is 4.19. The summed E-state index contributed by atoms with van der Waals surface area (Å²) in [4.78, 5) is 0. The Morgan fingerprint density at radius 3 is 2.75 bits per heavy atom. The van der Waals surface area contributed by atoms with Crippen LogP contribution >= 0.6 is 0 Å². The molecule has 1 aromatic rings. The van der Waals surface area contributed by atoms with Crippen LogP contribution in [0, 0.1) is 16.7 Å². The quantitative estimate of drug-likeness (QED) is 0.859. The van der Waals surface area contributed by atoms with Crippen molar-refractivity contribution < 1.29 is 4.74 Å². The molecule has 1 N–H and O–H groups in total. The topological polar surface area (TPSA) is 45.0 Å². The van der Waals surface area contributed by atoms with E-state index < -0.39 is 0 Å². The minimum atomic E-state index is 0.106. The summed E-state index contributed by atoms with van der Waals surface area (Å²) in [5, 5.41) is 12.2. The molecule has 0 bridgehead atoms. The largest absolute Gasteiger partial charge is 0.478 e. The molecular weight excluding hydrogens is 248 g/mol. The molecule has 1 saturated carbocycles. The SMILES string of the molecule is CC1(CNCc2ccccc2OCC#N)CCCCC1. The lowest BCUT2D eigenvalue weighted by Crippen LogP contribution is -2.33. The van der Waals surface area contributed by atoms with Crippen molar-refractivity contribution in [1.82, 2.24) is 5.32 Å². The molecule has 1 fully saturated rings. The minimum Gasteiger partial charge on any atom is -0.478 e. The van der Waals surface area contributed by atoms with Crippen molar-refractivity contribution in [2.24, 2.45) is 5.41 Å². The van der Waals surface area contributed by atoms with E-state index >= 15 is 0 Å². The average Bonchev–Trinajstić information content (AvgIpc) is 2.47. The van der Waals surface area contributed by atoms with E-state index in [9.17, 15) is 0 Å². The fraction of sp³-hybridized carbons (Fsp3) is 0.588. The molecule has 1 aromatic carbocycles. The van der Waals surface area contributed by atoms with Crippen molar-refractivity contribution in [2.45, 2.75) is 45.6 Å². The van der Waals surface area contributed by atoms with Crippen LogP contribution in [0.2, 0.25) is 0 Å². The van der Waals surface area contributed by atoms with E-state index in [4.69, 9.17) is 10.00 Å². The molecule has 0 radical (unpaired) electrons. The van der Waals surface area contributed by atoms with Crippen LogP contribution in [-0.4, -0.2) is 13.2 Å². The van der Waals surface area contributed by atoms with Crippen LogP contribution in [0.15, 0.2) is 24.3 Å². The highest BCUT2D eigenvalue weighted by Crippen LogP contribution is 2.35. The van der Waals surface area contributed by atoms with Gasteiger partial charge in [-0.15, -0.1) is 0 Å². The highest BCUT2D eigenvalue weighted by molar-refractivity contribution is 5.33.